The Morgan fingerprint density at radius 1 is 1.26 bits per heavy atom. The molecule has 0 spiro atoms. The van der Waals surface area contributed by atoms with Gasteiger partial charge in [0.1, 0.15) is 5.82 Å². The molecule has 1 aliphatic heterocycles. The molecule has 0 aliphatic carbocycles. The van der Waals surface area contributed by atoms with Crippen LogP contribution in [0.2, 0.25) is 0 Å². The van der Waals surface area contributed by atoms with Crippen LogP contribution in [0.4, 0.5) is 5.82 Å². The van der Waals surface area contributed by atoms with Crippen LogP contribution in [0.5, 0.6) is 0 Å². The first-order valence-electron chi connectivity index (χ1n) is 8.36. The van der Waals surface area contributed by atoms with Gasteiger partial charge < -0.3 is 10.2 Å². The summed E-state index contributed by atoms with van der Waals surface area (Å²) in [5.74, 6) is 1.02. The summed E-state index contributed by atoms with van der Waals surface area (Å²) in [7, 11) is 0. The number of carbonyl (C=O) groups excluding carboxylic acids is 1. The van der Waals surface area contributed by atoms with Crippen LogP contribution < -0.4 is 5.32 Å². The Kier molecular flexibility index (Phi) is 4.91. The van der Waals surface area contributed by atoms with E-state index in [0.717, 1.165) is 49.3 Å². The quantitative estimate of drug-likeness (QED) is 0.911. The highest BCUT2D eigenvalue weighted by atomic mass is 16.2. The Labute approximate surface area is 137 Å². The molecule has 120 valence electrons. The number of amides is 1. The van der Waals surface area contributed by atoms with E-state index < -0.39 is 0 Å². The number of likely N-dealkylation sites (tertiary alicyclic amines) is 1. The number of nitrogens with one attached hydrogen (secondary N) is 1. The number of aromatic nitrogens is 1. The fourth-order valence-corrected chi connectivity index (χ4v) is 3.16. The highest BCUT2D eigenvalue weighted by Crippen LogP contribution is 2.36. The number of hydrogen-bond acceptors (Lipinski definition) is 3. The molecular formula is C19H23N3O. The van der Waals surface area contributed by atoms with Gasteiger partial charge in [-0.3, -0.25) is 4.79 Å². The molecular weight excluding hydrogens is 286 g/mol. The Morgan fingerprint density at radius 3 is 2.87 bits per heavy atom. The zero-order valence-corrected chi connectivity index (χ0v) is 13.5. The maximum Gasteiger partial charge on any atom is 0.254 e. The van der Waals surface area contributed by atoms with Gasteiger partial charge in [-0.2, -0.15) is 0 Å². The van der Waals surface area contributed by atoms with Gasteiger partial charge in [-0.15, -0.1) is 0 Å². The Morgan fingerprint density at radius 2 is 2.09 bits per heavy atom. The Balaban J connectivity index is 1.86. The van der Waals surface area contributed by atoms with Crippen molar-refractivity contribution in [2.45, 2.75) is 32.2 Å². The lowest BCUT2D eigenvalue weighted by atomic mass is 10.0. The van der Waals surface area contributed by atoms with Gasteiger partial charge in [0.2, 0.25) is 0 Å². The normalized spacial score (nSPS) is 17.3. The molecule has 1 saturated heterocycles. The van der Waals surface area contributed by atoms with Crippen LogP contribution in [-0.4, -0.2) is 28.9 Å². The molecule has 1 aliphatic rings. The molecule has 4 nitrogen and oxygen atoms in total. The highest BCUT2D eigenvalue weighted by molar-refractivity contribution is 5.94. The molecule has 1 aromatic heterocycles. The van der Waals surface area contributed by atoms with Crippen LogP contribution in [0.15, 0.2) is 48.7 Å². The minimum Gasteiger partial charge on any atom is -0.370 e. The van der Waals surface area contributed by atoms with Gasteiger partial charge in [0.25, 0.3) is 5.91 Å². The molecule has 0 unspecified atom stereocenters. The molecule has 2 heterocycles. The third-order valence-electron chi connectivity index (χ3n) is 4.27. The summed E-state index contributed by atoms with van der Waals surface area (Å²) in [6, 6.07) is 13.7. The molecule has 0 radical (unpaired) electrons. The first-order chi connectivity index (χ1) is 11.3. The van der Waals surface area contributed by atoms with Crippen LogP contribution in [0.25, 0.3) is 0 Å². The van der Waals surface area contributed by atoms with E-state index in [1.165, 1.54) is 0 Å². The molecule has 1 amide bonds. The SMILES string of the molecule is CCCNc1ncccc1[C@@H]1CCCN1C(=O)c1ccccc1. The molecule has 1 aromatic carbocycles. The van der Waals surface area contributed by atoms with Crippen molar-refractivity contribution < 1.29 is 4.79 Å². The average Bonchev–Trinajstić information content (AvgIpc) is 3.10. The lowest BCUT2D eigenvalue weighted by Gasteiger charge is -2.26. The zero-order chi connectivity index (χ0) is 16.1. The number of hydrogen-bond donors (Lipinski definition) is 1. The predicted molar refractivity (Wildman–Crippen MR) is 92.5 cm³/mol. The molecule has 4 heteroatoms. The van der Waals surface area contributed by atoms with E-state index in [2.05, 4.69) is 23.3 Å². The molecule has 0 saturated carbocycles. The van der Waals surface area contributed by atoms with Crippen molar-refractivity contribution in [3.8, 4) is 0 Å². The summed E-state index contributed by atoms with van der Waals surface area (Å²) >= 11 is 0. The molecule has 1 N–H and O–H groups in total. The van der Waals surface area contributed by atoms with Crippen molar-refractivity contribution in [1.82, 2.24) is 9.88 Å². The molecule has 0 bridgehead atoms. The first-order valence-corrected chi connectivity index (χ1v) is 8.36. The van der Waals surface area contributed by atoms with E-state index in [0.29, 0.717) is 0 Å². The summed E-state index contributed by atoms with van der Waals surface area (Å²) < 4.78 is 0. The maximum atomic E-state index is 12.8. The minimum absolute atomic E-state index is 0.107. The van der Waals surface area contributed by atoms with Gasteiger partial charge in [-0.05, 0) is 37.5 Å². The summed E-state index contributed by atoms with van der Waals surface area (Å²) in [6.07, 6.45) is 4.88. The lowest BCUT2D eigenvalue weighted by Crippen LogP contribution is -2.31. The number of carbonyl (C=O) groups is 1. The van der Waals surface area contributed by atoms with E-state index in [9.17, 15) is 4.79 Å². The van der Waals surface area contributed by atoms with E-state index in [1.54, 1.807) is 6.20 Å². The fraction of sp³-hybridized carbons (Fsp3) is 0.368. The fourth-order valence-electron chi connectivity index (χ4n) is 3.16. The average molecular weight is 309 g/mol. The summed E-state index contributed by atoms with van der Waals surface area (Å²) in [6.45, 7) is 3.83. The van der Waals surface area contributed by atoms with Crippen molar-refractivity contribution in [3.05, 3.63) is 59.8 Å². The number of rotatable bonds is 5. The van der Waals surface area contributed by atoms with E-state index in [1.807, 2.05) is 41.3 Å². The second kappa shape index (κ2) is 7.27. The van der Waals surface area contributed by atoms with Crippen molar-refractivity contribution in [1.29, 1.82) is 0 Å². The smallest absolute Gasteiger partial charge is 0.254 e. The standard InChI is InChI=1S/C19H23N3O/c1-2-12-20-18-16(10-6-13-21-18)17-11-7-14-22(17)19(23)15-8-4-3-5-9-15/h3-6,8-10,13,17H,2,7,11-12,14H2,1H3,(H,20,21)/t17-/m0/s1. The second-order valence-corrected chi connectivity index (χ2v) is 5.89. The molecule has 23 heavy (non-hydrogen) atoms. The molecule has 3 rings (SSSR count). The van der Waals surface area contributed by atoms with Crippen molar-refractivity contribution in [2.24, 2.45) is 0 Å². The monoisotopic (exact) mass is 309 g/mol. The van der Waals surface area contributed by atoms with Crippen LogP contribution >= 0.6 is 0 Å². The van der Waals surface area contributed by atoms with Gasteiger partial charge in [-0.1, -0.05) is 31.2 Å². The van der Waals surface area contributed by atoms with E-state index in [4.69, 9.17) is 0 Å². The lowest BCUT2D eigenvalue weighted by molar-refractivity contribution is 0.0736. The van der Waals surface area contributed by atoms with Crippen molar-refractivity contribution >= 4 is 11.7 Å². The van der Waals surface area contributed by atoms with Crippen LogP contribution in [0.1, 0.15) is 48.1 Å². The number of nitrogens with zero attached hydrogens (tertiary/aromatic N) is 2. The molecule has 2 aromatic rings. The maximum absolute atomic E-state index is 12.8. The van der Waals surface area contributed by atoms with Gasteiger partial charge in [0.05, 0.1) is 6.04 Å². The number of anilines is 1. The van der Waals surface area contributed by atoms with Crippen LogP contribution in [0, 0.1) is 0 Å². The Bertz CT molecular complexity index is 657. The topological polar surface area (TPSA) is 45.2 Å². The number of pyridine rings is 1. The highest BCUT2D eigenvalue weighted by Gasteiger charge is 2.32. The van der Waals surface area contributed by atoms with Crippen molar-refractivity contribution in [2.75, 3.05) is 18.4 Å². The van der Waals surface area contributed by atoms with E-state index in [-0.39, 0.29) is 11.9 Å². The minimum atomic E-state index is 0.107. The van der Waals surface area contributed by atoms with Gasteiger partial charge in [0, 0.05) is 30.4 Å². The molecule has 1 atom stereocenters. The second-order valence-electron chi connectivity index (χ2n) is 5.89. The van der Waals surface area contributed by atoms with E-state index >= 15 is 0 Å². The van der Waals surface area contributed by atoms with Gasteiger partial charge in [-0.25, -0.2) is 4.98 Å². The zero-order valence-electron chi connectivity index (χ0n) is 13.5. The van der Waals surface area contributed by atoms with Crippen LogP contribution in [0.3, 0.4) is 0 Å². The summed E-state index contributed by atoms with van der Waals surface area (Å²) in [5.41, 5.74) is 1.88. The molecule has 1 fully saturated rings. The largest absolute Gasteiger partial charge is 0.370 e. The third-order valence-corrected chi connectivity index (χ3v) is 4.27. The Hall–Kier alpha value is -2.36. The van der Waals surface area contributed by atoms with Crippen molar-refractivity contribution in [3.63, 3.8) is 0 Å². The van der Waals surface area contributed by atoms with Crippen LogP contribution in [-0.2, 0) is 0 Å². The first kappa shape index (κ1) is 15.5. The summed E-state index contributed by atoms with van der Waals surface area (Å²) in [4.78, 5) is 19.3. The summed E-state index contributed by atoms with van der Waals surface area (Å²) in [5, 5.41) is 3.39. The van der Waals surface area contributed by atoms with Gasteiger partial charge >= 0.3 is 0 Å². The third kappa shape index (κ3) is 3.36. The predicted octanol–water partition coefficient (Wildman–Crippen LogP) is 3.88. The van der Waals surface area contributed by atoms with Gasteiger partial charge in [0.15, 0.2) is 0 Å². The number of benzene rings is 1.